The van der Waals surface area contributed by atoms with Crippen LogP contribution in [0.3, 0.4) is 0 Å². The van der Waals surface area contributed by atoms with E-state index in [0.29, 0.717) is 5.69 Å². The van der Waals surface area contributed by atoms with E-state index in [9.17, 15) is 13.2 Å². The number of benzene rings is 1. The van der Waals surface area contributed by atoms with Crippen LogP contribution in [0.5, 0.6) is 0 Å². The molecular formula is C11H16BrN3O3S. The van der Waals surface area contributed by atoms with Gasteiger partial charge in [0.05, 0.1) is 10.5 Å². The number of amides is 1. The Hall–Kier alpha value is -1.12. The van der Waals surface area contributed by atoms with Crippen LogP contribution in [-0.4, -0.2) is 19.2 Å². The van der Waals surface area contributed by atoms with Crippen LogP contribution in [0.25, 0.3) is 0 Å². The van der Waals surface area contributed by atoms with Gasteiger partial charge in [-0.25, -0.2) is 5.14 Å². The number of carbonyl (C=O) groups is 1. The summed E-state index contributed by atoms with van der Waals surface area (Å²) in [6.07, 6.45) is 0. The van der Waals surface area contributed by atoms with Crippen LogP contribution in [0, 0.1) is 5.92 Å². The Kier molecular flexibility index (Phi) is 5.33. The number of rotatable bonds is 5. The van der Waals surface area contributed by atoms with E-state index in [1.165, 1.54) is 12.1 Å². The van der Waals surface area contributed by atoms with Gasteiger partial charge in [-0.2, -0.15) is 8.42 Å². The van der Waals surface area contributed by atoms with Gasteiger partial charge in [-0.3, -0.25) is 9.52 Å². The molecule has 8 heteroatoms. The van der Waals surface area contributed by atoms with E-state index in [0.717, 1.165) is 0 Å². The van der Waals surface area contributed by atoms with Crippen molar-refractivity contribution in [2.75, 3.05) is 10.0 Å². The Morgan fingerprint density at radius 1 is 1.32 bits per heavy atom. The average Bonchev–Trinajstić information content (AvgIpc) is 2.25. The molecule has 0 saturated carbocycles. The predicted molar refractivity (Wildman–Crippen MR) is 79.4 cm³/mol. The van der Waals surface area contributed by atoms with Crippen molar-refractivity contribution in [3.05, 3.63) is 24.3 Å². The van der Waals surface area contributed by atoms with Gasteiger partial charge in [0.2, 0.25) is 5.91 Å². The summed E-state index contributed by atoms with van der Waals surface area (Å²) >= 11 is 3.29. The highest BCUT2D eigenvalue weighted by Gasteiger charge is 2.18. The largest absolute Gasteiger partial charge is 0.325 e. The van der Waals surface area contributed by atoms with Crippen LogP contribution in [0.4, 0.5) is 11.4 Å². The lowest BCUT2D eigenvalue weighted by Gasteiger charge is -2.14. The minimum Gasteiger partial charge on any atom is -0.325 e. The Bertz CT molecular complexity index is 560. The lowest BCUT2D eigenvalue weighted by Crippen LogP contribution is -2.27. The molecule has 106 valence electrons. The van der Waals surface area contributed by atoms with Gasteiger partial charge in [0, 0.05) is 5.69 Å². The first-order valence-electron chi connectivity index (χ1n) is 5.54. The molecule has 0 spiro atoms. The fourth-order valence-electron chi connectivity index (χ4n) is 1.34. The zero-order chi connectivity index (χ0) is 14.6. The summed E-state index contributed by atoms with van der Waals surface area (Å²) in [4.78, 5) is 11.5. The monoisotopic (exact) mass is 349 g/mol. The van der Waals surface area contributed by atoms with E-state index in [-0.39, 0.29) is 22.3 Å². The minimum absolute atomic E-state index is 0.144. The highest BCUT2D eigenvalue weighted by atomic mass is 79.9. The maximum Gasteiger partial charge on any atom is 0.296 e. The first-order chi connectivity index (χ1) is 8.69. The molecule has 4 N–H and O–H groups in total. The van der Waals surface area contributed by atoms with Crippen molar-refractivity contribution in [3.8, 4) is 0 Å². The van der Waals surface area contributed by atoms with Crippen molar-refractivity contribution < 1.29 is 13.2 Å². The first kappa shape index (κ1) is 15.9. The molecule has 0 heterocycles. The summed E-state index contributed by atoms with van der Waals surface area (Å²) < 4.78 is 23.9. The zero-order valence-electron chi connectivity index (χ0n) is 10.6. The molecule has 0 fully saturated rings. The molecule has 0 bridgehead atoms. The molecule has 1 atom stereocenters. The molecule has 1 rings (SSSR count). The van der Waals surface area contributed by atoms with Crippen molar-refractivity contribution in [1.29, 1.82) is 0 Å². The number of halogens is 1. The molecule has 0 aromatic heterocycles. The second-order valence-corrected chi connectivity index (χ2v) is 6.64. The number of nitrogens with one attached hydrogen (secondary N) is 2. The van der Waals surface area contributed by atoms with Crippen LogP contribution in [0.2, 0.25) is 0 Å². The van der Waals surface area contributed by atoms with Gasteiger partial charge in [-0.1, -0.05) is 35.8 Å². The smallest absolute Gasteiger partial charge is 0.296 e. The summed E-state index contributed by atoms with van der Waals surface area (Å²) in [7, 11) is -3.82. The maximum atomic E-state index is 11.8. The van der Waals surface area contributed by atoms with Crippen LogP contribution in [0.1, 0.15) is 13.8 Å². The second-order valence-electron chi connectivity index (χ2n) is 4.36. The number of carbonyl (C=O) groups excluding carboxylic acids is 1. The van der Waals surface area contributed by atoms with Crippen LogP contribution >= 0.6 is 15.9 Å². The molecule has 0 aliphatic carbocycles. The molecule has 0 aliphatic heterocycles. The molecule has 6 nitrogen and oxygen atoms in total. The standard InChI is InChI=1S/C11H16BrN3O3S/c1-7(2)10(12)11(16)14-8-4-3-5-9(6-8)15-19(13,17)18/h3-7,10,15H,1-2H3,(H,14,16)(H2,13,17,18). The van der Waals surface area contributed by atoms with Crippen LogP contribution in [0.15, 0.2) is 24.3 Å². The van der Waals surface area contributed by atoms with Crippen LogP contribution < -0.4 is 15.2 Å². The van der Waals surface area contributed by atoms with Gasteiger partial charge >= 0.3 is 0 Å². The van der Waals surface area contributed by atoms with E-state index in [4.69, 9.17) is 5.14 Å². The molecule has 0 saturated heterocycles. The summed E-state index contributed by atoms with van der Waals surface area (Å²) in [6, 6.07) is 6.30. The zero-order valence-corrected chi connectivity index (χ0v) is 13.0. The third-order valence-electron chi connectivity index (χ3n) is 2.23. The third-order valence-corrected chi connectivity index (χ3v) is 4.22. The average molecular weight is 350 g/mol. The lowest BCUT2D eigenvalue weighted by atomic mass is 10.1. The Morgan fingerprint density at radius 3 is 2.42 bits per heavy atom. The number of nitrogens with two attached hydrogens (primary N) is 1. The molecule has 1 amide bonds. The van der Waals surface area contributed by atoms with Crippen molar-refractivity contribution in [2.45, 2.75) is 18.7 Å². The van der Waals surface area contributed by atoms with Gasteiger partial charge in [0.1, 0.15) is 0 Å². The van der Waals surface area contributed by atoms with E-state index in [1.54, 1.807) is 12.1 Å². The second kappa shape index (κ2) is 6.36. The van der Waals surface area contributed by atoms with Crippen LogP contribution in [-0.2, 0) is 15.0 Å². The number of hydrogen-bond acceptors (Lipinski definition) is 3. The highest BCUT2D eigenvalue weighted by Crippen LogP contribution is 2.18. The van der Waals surface area contributed by atoms with Crippen molar-refractivity contribution in [3.63, 3.8) is 0 Å². The third kappa shape index (κ3) is 5.58. The van der Waals surface area contributed by atoms with Crippen molar-refractivity contribution in [1.82, 2.24) is 0 Å². The summed E-state index contributed by atoms with van der Waals surface area (Å²) in [6.45, 7) is 3.83. The Labute approximate surface area is 121 Å². The predicted octanol–water partition coefficient (Wildman–Crippen LogP) is 1.66. The number of hydrogen-bond donors (Lipinski definition) is 3. The van der Waals surface area contributed by atoms with E-state index < -0.39 is 10.2 Å². The van der Waals surface area contributed by atoms with Gasteiger partial charge in [0.25, 0.3) is 10.2 Å². The highest BCUT2D eigenvalue weighted by molar-refractivity contribution is 9.10. The Morgan fingerprint density at radius 2 is 1.89 bits per heavy atom. The number of anilines is 2. The fraction of sp³-hybridized carbons (Fsp3) is 0.364. The van der Waals surface area contributed by atoms with Gasteiger partial charge in [0.15, 0.2) is 0 Å². The fourth-order valence-corrected chi connectivity index (χ4v) is 1.91. The topological polar surface area (TPSA) is 101 Å². The van der Waals surface area contributed by atoms with Gasteiger partial charge in [-0.05, 0) is 24.1 Å². The number of alkyl halides is 1. The molecule has 0 aliphatic rings. The van der Waals surface area contributed by atoms with E-state index in [2.05, 4.69) is 26.0 Å². The molecule has 0 radical (unpaired) electrons. The summed E-state index contributed by atoms with van der Waals surface area (Å²) in [5.74, 6) is -0.0477. The van der Waals surface area contributed by atoms with Gasteiger partial charge < -0.3 is 5.32 Å². The molecular weight excluding hydrogens is 334 g/mol. The Balaban J connectivity index is 2.80. The van der Waals surface area contributed by atoms with Gasteiger partial charge in [-0.15, -0.1) is 0 Å². The maximum absolute atomic E-state index is 11.8. The molecule has 19 heavy (non-hydrogen) atoms. The first-order valence-corrected chi connectivity index (χ1v) is 8.01. The molecule has 1 aromatic carbocycles. The quantitative estimate of drug-likeness (QED) is 0.704. The molecule has 1 unspecified atom stereocenters. The van der Waals surface area contributed by atoms with Crippen molar-refractivity contribution >= 4 is 43.4 Å². The van der Waals surface area contributed by atoms with Crippen molar-refractivity contribution in [2.24, 2.45) is 11.1 Å². The summed E-state index contributed by atoms with van der Waals surface area (Å²) in [5, 5.41) is 7.56. The lowest BCUT2D eigenvalue weighted by molar-refractivity contribution is -0.116. The SMILES string of the molecule is CC(C)C(Br)C(=O)Nc1cccc(NS(N)(=O)=O)c1. The molecule has 1 aromatic rings. The minimum atomic E-state index is -3.82. The van der Waals surface area contributed by atoms with E-state index in [1.807, 2.05) is 13.8 Å². The normalized spacial score (nSPS) is 13.1. The summed E-state index contributed by atoms with van der Waals surface area (Å²) in [5.41, 5.74) is 0.778. The van der Waals surface area contributed by atoms with E-state index >= 15 is 0 Å².